The Morgan fingerprint density at radius 1 is 1.40 bits per heavy atom. The van der Waals surface area contributed by atoms with E-state index in [1.54, 1.807) is 0 Å². The molecule has 1 saturated carbocycles. The van der Waals surface area contributed by atoms with Gasteiger partial charge in [0.2, 0.25) is 5.91 Å². The molecule has 1 aromatic rings. The Bertz CT molecular complexity index is 456. The molecular weight excluding hydrogens is 274 g/mol. The first-order chi connectivity index (χ1) is 9.65. The van der Waals surface area contributed by atoms with Gasteiger partial charge in [-0.05, 0) is 49.9 Å². The van der Waals surface area contributed by atoms with Gasteiger partial charge in [-0.15, -0.1) is 0 Å². The van der Waals surface area contributed by atoms with Crippen molar-refractivity contribution in [3.05, 3.63) is 28.8 Å². The zero-order valence-electron chi connectivity index (χ0n) is 12.0. The van der Waals surface area contributed by atoms with Crippen LogP contribution < -0.4 is 10.1 Å². The van der Waals surface area contributed by atoms with Gasteiger partial charge >= 0.3 is 0 Å². The van der Waals surface area contributed by atoms with Crippen LogP contribution in [0.15, 0.2) is 18.2 Å². The fraction of sp³-hybridized carbons (Fsp3) is 0.562. The number of aryl methyl sites for hydroxylation is 1. The Hall–Kier alpha value is -1.22. The van der Waals surface area contributed by atoms with Crippen molar-refractivity contribution in [2.24, 2.45) is 0 Å². The quantitative estimate of drug-likeness (QED) is 0.809. The van der Waals surface area contributed by atoms with Gasteiger partial charge in [-0.2, -0.15) is 0 Å². The van der Waals surface area contributed by atoms with Gasteiger partial charge in [-0.3, -0.25) is 4.79 Å². The zero-order valence-corrected chi connectivity index (χ0v) is 12.7. The van der Waals surface area contributed by atoms with Crippen LogP contribution in [0.25, 0.3) is 0 Å². The zero-order chi connectivity index (χ0) is 14.4. The molecule has 0 aliphatic heterocycles. The van der Waals surface area contributed by atoms with E-state index in [1.807, 2.05) is 25.1 Å². The highest BCUT2D eigenvalue weighted by Crippen LogP contribution is 2.21. The summed E-state index contributed by atoms with van der Waals surface area (Å²) in [6, 6.07) is 6.01. The largest absolute Gasteiger partial charge is 0.494 e. The molecule has 1 fully saturated rings. The van der Waals surface area contributed by atoms with Crippen LogP contribution in [0.3, 0.4) is 0 Å². The summed E-state index contributed by atoms with van der Waals surface area (Å²) in [7, 11) is 0. The second-order valence-corrected chi connectivity index (χ2v) is 5.82. The first-order valence-electron chi connectivity index (χ1n) is 7.33. The number of hydrogen-bond acceptors (Lipinski definition) is 2. The average molecular weight is 296 g/mol. The molecule has 0 radical (unpaired) electrons. The lowest BCUT2D eigenvalue weighted by atomic mass is 10.2. The Morgan fingerprint density at radius 2 is 2.15 bits per heavy atom. The van der Waals surface area contributed by atoms with Gasteiger partial charge in [0.1, 0.15) is 5.75 Å². The van der Waals surface area contributed by atoms with E-state index in [0.29, 0.717) is 19.1 Å². The standard InChI is InChI=1S/C16H22ClNO2/c1-12-11-14(8-9-15(12)17)20-10-4-7-16(19)18-13-5-2-3-6-13/h8-9,11,13H,2-7,10H2,1H3,(H,18,19). The van der Waals surface area contributed by atoms with Crippen LogP contribution in [0, 0.1) is 6.92 Å². The number of benzene rings is 1. The van der Waals surface area contributed by atoms with Gasteiger partial charge in [0.05, 0.1) is 6.61 Å². The minimum atomic E-state index is 0.146. The van der Waals surface area contributed by atoms with Crippen LogP contribution >= 0.6 is 11.6 Å². The molecule has 1 aliphatic rings. The smallest absolute Gasteiger partial charge is 0.220 e. The molecule has 0 saturated heterocycles. The lowest BCUT2D eigenvalue weighted by Gasteiger charge is -2.12. The monoisotopic (exact) mass is 295 g/mol. The summed E-state index contributed by atoms with van der Waals surface area (Å²) in [6.07, 6.45) is 6.01. The normalized spacial score (nSPS) is 15.3. The third kappa shape index (κ3) is 4.71. The van der Waals surface area contributed by atoms with Crippen LogP contribution in [0.2, 0.25) is 5.02 Å². The summed E-state index contributed by atoms with van der Waals surface area (Å²) in [5.41, 5.74) is 1.00. The van der Waals surface area contributed by atoms with Gasteiger partial charge in [0.15, 0.2) is 0 Å². The second kappa shape index (κ2) is 7.53. The minimum Gasteiger partial charge on any atom is -0.494 e. The maximum absolute atomic E-state index is 11.7. The van der Waals surface area contributed by atoms with E-state index in [9.17, 15) is 4.79 Å². The van der Waals surface area contributed by atoms with E-state index in [1.165, 1.54) is 12.8 Å². The fourth-order valence-electron chi connectivity index (χ4n) is 2.50. The lowest BCUT2D eigenvalue weighted by Crippen LogP contribution is -2.32. The molecular formula is C16H22ClNO2. The van der Waals surface area contributed by atoms with Gasteiger partial charge < -0.3 is 10.1 Å². The van der Waals surface area contributed by atoms with Gasteiger partial charge in [-0.1, -0.05) is 24.4 Å². The van der Waals surface area contributed by atoms with Crippen molar-refractivity contribution >= 4 is 17.5 Å². The molecule has 3 nitrogen and oxygen atoms in total. The van der Waals surface area contributed by atoms with Gasteiger partial charge in [-0.25, -0.2) is 0 Å². The van der Waals surface area contributed by atoms with Crippen LogP contribution in [-0.4, -0.2) is 18.6 Å². The summed E-state index contributed by atoms with van der Waals surface area (Å²) >= 11 is 5.96. The maximum atomic E-state index is 11.7. The summed E-state index contributed by atoms with van der Waals surface area (Å²) in [5.74, 6) is 0.955. The van der Waals surface area contributed by atoms with Gasteiger partial charge in [0.25, 0.3) is 0 Å². The SMILES string of the molecule is Cc1cc(OCCCC(=O)NC2CCCC2)ccc1Cl. The first kappa shape index (κ1) is 15.2. The molecule has 0 heterocycles. The fourth-order valence-corrected chi connectivity index (χ4v) is 2.62. The Kier molecular flexibility index (Phi) is 5.72. The van der Waals surface area contributed by atoms with E-state index in [2.05, 4.69) is 5.32 Å². The van der Waals surface area contributed by atoms with Crippen LogP contribution in [-0.2, 0) is 4.79 Å². The van der Waals surface area contributed by atoms with Crippen molar-refractivity contribution < 1.29 is 9.53 Å². The third-order valence-corrected chi connectivity index (χ3v) is 4.09. The number of amides is 1. The topological polar surface area (TPSA) is 38.3 Å². The Balaban J connectivity index is 1.63. The Labute approximate surface area is 125 Å². The van der Waals surface area contributed by atoms with E-state index >= 15 is 0 Å². The summed E-state index contributed by atoms with van der Waals surface area (Å²) in [4.78, 5) is 11.7. The van der Waals surface area contributed by atoms with Crippen molar-refractivity contribution in [1.82, 2.24) is 5.32 Å². The molecule has 1 amide bonds. The molecule has 0 spiro atoms. The van der Waals surface area contributed by atoms with Crippen molar-refractivity contribution in [1.29, 1.82) is 0 Å². The van der Waals surface area contributed by atoms with Crippen molar-refractivity contribution in [2.45, 2.75) is 51.5 Å². The molecule has 2 rings (SSSR count). The molecule has 0 aromatic heterocycles. The molecule has 0 atom stereocenters. The van der Waals surface area contributed by atoms with Crippen molar-refractivity contribution in [3.63, 3.8) is 0 Å². The molecule has 20 heavy (non-hydrogen) atoms. The number of ether oxygens (including phenoxy) is 1. The van der Waals surface area contributed by atoms with Gasteiger partial charge in [0, 0.05) is 17.5 Å². The highest BCUT2D eigenvalue weighted by Gasteiger charge is 2.16. The van der Waals surface area contributed by atoms with E-state index in [0.717, 1.165) is 35.6 Å². The first-order valence-corrected chi connectivity index (χ1v) is 7.71. The van der Waals surface area contributed by atoms with Crippen LogP contribution in [0.5, 0.6) is 5.75 Å². The van der Waals surface area contributed by atoms with Crippen molar-refractivity contribution in [3.8, 4) is 5.75 Å². The van der Waals surface area contributed by atoms with Crippen molar-refractivity contribution in [2.75, 3.05) is 6.61 Å². The molecule has 0 bridgehead atoms. The highest BCUT2D eigenvalue weighted by molar-refractivity contribution is 6.31. The summed E-state index contributed by atoms with van der Waals surface area (Å²) in [6.45, 7) is 2.50. The number of rotatable bonds is 6. The van der Waals surface area contributed by atoms with Crippen LogP contribution in [0.4, 0.5) is 0 Å². The van der Waals surface area contributed by atoms with E-state index < -0.39 is 0 Å². The Morgan fingerprint density at radius 3 is 2.85 bits per heavy atom. The summed E-state index contributed by atoms with van der Waals surface area (Å²) in [5, 5.41) is 3.83. The predicted octanol–water partition coefficient (Wildman–Crippen LogP) is 3.87. The third-order valence-electron chi connectivity index (χ3n) is 3.67. The molecule has 0 unspecified atom stereocenters. The predicted molar refractivity (Wildman–Crippen MR) is 81.3 cm³/mol. The second-order valence-electron chi connectivity index (χ2n) is 5.41. The average Bonchev–Trinajstić information content (AvgIpc) is 2.91. The number of halogens is 1. The molecule has 1 aromatic carbocycles. The lowest BCUT2D eigenvalue weighted by molar-refractivity contribution is -0.122. The number of hydrogen-bond donors (Lipinski definition) is 1. The number of carbonyl (C=O) groups is 1. The number of nitrogens with one attached hydrogen (secondary N) is 1. The van der Waals surface area contributed by atoms with Crippen LogP contribution in [0.1, 0.15) is 44.1 Å². The molecule has 110 valence electrons. The number of carbonyl (C=O) groups excluding carboxylic acids is 1. The maximum Gasteiger partial charge on any atom is 0.220 e. The molecule has 4 heteroatoms. The van der Waals surface area contributed by atoms with E-state index in [-0.39, 0.29) is 5.91 Å². The summed E-state index contributed by atoms with van der Waals surface area (Å²) < 4.78 is 5.62. The van der Waals surface area contributed by atoms with E-state index in [4.69, 9.17) is 16.3 Å². The highest BCUT2D eigenvalue weighted by atomic mass is 35.5. The minimum absolute atomic E-state index is 0.146. The molecule has 1 aliphatic carbocycles. The molecule has 1 N–H and O–H groups in total.